The molecule has 29 heteroatoms. The van der Waals surface area contributed by atoms with Crippen molar-refractivity contribution in [2.75, 3.05) is 0 Å². The van der Waals surface area contributed by atoms with E-state index in [9.17, 15) is 0 Å². The summed E-state index contributed by atoms with van der Waals surface area (Å²) in [5, 5.41) is 0. The maximum absolute atomic E-state index is 18.3. The molecule has 81 heavy (non-hydrogen) atoms. The Kier molecular flexibility index (Phi) is 11.2. The molecule has 0 unspecified atom stereocenters. The van der Waals surface area contributed by atoms with E-state index in [1.54, 1.807) is 0 Å². The molecule has 0 nitrogen and oxygen atoms in total. The molecule has 4 aliphatic rings. The highest BCUT2D eigenvalue weighted by molar-refractivity contribution is 7.21. The highest BCUT2D eigenvalue weighted by atomic mass is 19.2. The first-order valence-electron chi connectivity index (χ1n) is 22.3. The molecule has 0 aliphatic heterocycles. The van der Waals surface area contributed by atoms with Crippen molar-refractivity contribution in [1.29, 1.82) is 0 Å². The largest absolute Gasteiger partial charge is 0.207 e. The van der Waals surface area contributed by atoms with E-state index < -0.39 is 306 Å². The predicted octanol–water partition coefficient (Wildman–Crippen LogP) is 13.2. The van der Waals surface area contributed by atoms with Crippen molar-refractivity contribution in [1.82, 2.24) is 0 Å². The maximum Gasteiger partial charge on any atom is 0.198 e. The van der Waals surface area contributed by atoms with Gasteiger partial charge in [0.2, 0.25) is 0 Å². The Hall–Kier alpha value is -8.14. The zero-order chi connectivity index (χ0) is 59.0. The fourth-order valence-electron chi connectivity index (χ4n) is 12.5. The molecule has 0 atom stereocenters. The molecular weight excluding hydrogens is 1170 g/mol. The van der Waals surface area contributed by atoms with Gasteiger partial charge in [-0.3, -0.25) is 0 Å². The summed E-state index contributed by atoms with van der Waals surface area (Å²) in [7, 11) is 0. The Morgan fingerprint density at radius 1 is 0.136 bits per heavy atom. The second-order valence-electron chi connectivity index (χ2n) is 18.8. The second kappa shape index (κ2) is 17.0. The van der Waals surface area contributed by atoms with Crippen LogP contribution in [0.25, 0.3) is 44.5 Å². The Balaban J connectivity index is 1.46. The highest BCUT2D eigenvalue weighted by Gasteiger charge is 2.55. The molecule has 0 amide bonds. The van der Waals surface area contributed by atoms with Crippen LogP contribution in [0.15, 0.2) is 0 Å². The van der Waals surface area contributed by atoms with Crippen molar-refractivity contribution >= 4 is 28.0 Å². The average Bonchev–Trinajstić information content (AvgIpc) is 2.09. The Morgan fingerprint density at radius 2 is 0.259 bits per heavy atom. The molecule has 12 rings (SSSR count). The minimum Gasteiger partial charge on any atom is -0.207 e. The molecule has 8 aromatic carbocycles. The number of rotatable bonds is 4. The third kappa shape index (κ3) is 6.10. The molecule has 4 aliphatic carbocycles. The minimum atomic E-state index is -6.96. The predicted molar refractivity (Wildman–Crippen MR) is 222 cm³/mol. The van der Waals surface area contributed by atoms with Crippen LogP contribution in [0.1, 0.15) is 44.5 Å². The summed E-state index contributed by atoms with van der Waals surface area (Å²) >= 11 is 0. The minimum absolute atomic E-state index is 1.91. The summed E-state index contributed by atoms with van der Waals surface area (Å²) in [6, 6.07) is 0. The van der Waals surface area contributed by atoms with E-state index in [1.165, 1.54) is 0 Å². The molecule has 0 fully saturated rings. The highest BCUT2D eigenvalue weighted by Crippen LogP contribution is 2.52. The lowest BCUT2D eigenvalue weighted by atomic mass is 9.11. The van der Waals surface area contributed by atoms with Gasteiger partial charge >= 0.3 is 0 Å². The van der Waals surface area contributed by atoms with Crippen LogP contribution in [0.3, 0.4) is 0 Å². The SMILES string of the molecule is Fc1c(F)c(F)c2c(c1F)Cc1c-2c(F)c(F)c(F)c1[B-](c1c(F)c(F)c(F)c2c1Cc1c(F)c(F)c(F)c(F)c1-2)(c1c(F)c(F)c(F)c2c1Cc1c(F)c(F)c(F)c(F)c1-2)c1c(F)c(F)c(F)c2c1Cc1c(F)c(F)c(F)c(F)c1-2. The monoisotopic (exact) mass is 1180 g/mol. The molecule has 0 aromatic heterocycles. The molecule has 0 saturated heterocycles. The number of fused-ring (bicyclic) bond motifs is 12. The Bertz CT molecular complexity index is 3890. The number of benzene rings is 8. The van der Waals surface area contributed by atoms with E-state index >= 15 is 123 Å². The first-order valence-corrected chi connectivity index (χ1v) is 22.3. The second-order valence-corrected chi connectivity index (χ2v) is 18.8. The van der Waals surface area contributed by atoms with Crippen molar-refractivity contribution in [2.45, 2.75) is 25.7 Å². The first-order chi connectivity index (χ1) is 37.9. The van der Waals surface area contributed by atoms with Gasteiger partial charge in [0, 0.05) is 66.8 Å². The third-order valence-electron chi connectivity index (χ3n) is 15.5. The van der Waals surface area contributed by atoms with Crippen LogP contribution in [0.4, 0.5) is 123 Å². The normalized spacial score (nSPS) is 13.5. The van der Waals surface area contributed by atoms with Crippen LogP contribution in [0, 0.1) is 163 Å². The molecule has 0 heterocycles. The molecule has 416 valence electrons. The van der Waals surface area contributed by atoms with Gasteiger partial charge in [-0.1, -0.05) is 22.3 Å². The molecular formula is C52H8BF28-. The van der Waals surface area contributed by atoms with Crippen LogP contribution in [0.2, 0.25) is 0 Å². The number of halogens is 28. The molecule has 0 radical (unpaired) electrons. The van der Waals surface area contributed by atoms with Crippen molar-refractivity contribution in [3.63, 3.8) is 0 Å². The summed E-state index contributed by atoms with van der Waals surface area (Å²) in [5.74, 6) is -85.4. The van der Waals surface area contributed by atoms with Gasteiger partial charge in [-0.15, -0.1) is 0 Å². The molecule has 0 bridgehead atoms. The van der Waals surface area contributed by atoms with Crippen LogP contribution < -0.4 is 21.9 Å². The van der Waals surface area contributed by atoms with E-state index in [0.29, 0.717) is 0 Å². The van der Waals surface area contributed by atoms with Gasteiger partial charge in [0.15, 0.2) is 140 Å². The smallest absolute Gasteiger partial charge is 0.198 e. The Morgan fingerprint density at radius 3 is 0.420 bits per heavy atom. The lowest BCUT2D eigenvalue weighted by molar-refractivity contribution is 0.407. The van der Waals surface area contributed by atoms with Gasteiger partial charge in [0.05, 0.1) is 0 Å². The fourth-order valence-corrected chi connectivity index (χ4v) is 12.5. The third-order valence-corrected chi connectivity index (χ3v) is 15.5. The average molecular weight is 1180 g/mol. The lowest BCUT2D eigenvalue weighted by Crippen LogP contribution is -2.80. The van der Waals surface area contributed by atoms with Gasteiger partial charge < -0.3 is 0 Å². The van der Waals surface area contributed by atoms with E-state index in [2.05, 4.69) is 0 Å². The van der Waals surface area contributed by atoms with Crippen molar-refractivity contribution < 1.29 is 123 Å². The molecule has 0 saturated carbocycles. The Labute approximate surface area is 428 Å². The summed E-state index contributed by atoms with van der Waals surface area (Å²) in [6.07, 6.45) is -16.0. The van der Waals surface area contributed by atoms with Crippen LogP contribution in [-0.4, -0.2) is 6.15 Å². The number of hydrogen-bond acceptors (Lipinski definition) is 0. The lowest BCUT2D eigenvalue weighted by Gasteiger charge is -2.49. The standard InChI is InChI=1S/C52H8BF28/c54-25-9-1-5-13(17(9)33(62)49(78)41(25)70)29(58)45(74)37(66)21(5)53(22-6-2-10-18(14(6)30(59)46(75)38(22)67)34(63)50(79)42(71)26(10)55,23-7-3-11-19(15(7)31(60)47(76)39(23)68)35(64)51(80)43(72)27(11)56)24-8-4-12-20(16(8)32(61)48(77)40(24)69)36(65)52(81)44(73)28(12)57/h1-4H2/q-1. The summed E-state index contributed by atoms with van der Waals surface area (Å²) in [5.41, 5.74) is -45.5. The van der Waals surface area contributed by atoms with Crippen molar-refractivity contribution in [3.8, 4) is 44.5 Å². The first kappa shape index (κ1) is 53.5. The summed E-state index contributed by atoms with van der Waals surface area (Å²) in [4.78, 5) is 0. The topological polar surface area (TPSA) is 0 Å². The van der Waals surface area contributed by atoms with E-state index in [-0.39, 0.29) is 0 Å². The van der Waals surface area contributed by atoms with E-state index in [0.717, 1.165) is 0 Å². The van der Waals surface area contributed by atoms with Gasteiger partial charge in [0.25, 0.3) is 0 Å². The molecule has 0 spiro atoms. The van der Waals surface area contributed by atoms with Crippen LogP contribution >= 0.6 is 0 Å². The zero-order valence-electron chi connectivity index (χ0n) is 38.0. The van der Waals surface area contributed by atoms with Gasteiger partial charge in [0.1, 0.15) is 29.4 Å². The fraction of sp³-hybridized carbons (Fsp3) is 0.0769. The molecule has 0 N–H and O–H groups in total. The summed E-state index contributed by atoms with van der Waals surface area (Å²) < 4.78 is 458. The van der Waals surface area contributed by atoms with Gasteiger partial charge in [-0.2, -0.15) is 21.9 Å². The maximum atomic E-state index is 18.3. The van der Waals surface area contributed by atoms with Crippen LogP contribution in [0.5, 0.6) is 0 Å². The zero-order valence-corrected chi connectivity index (χ0v) is 38.0. The number of hydrogen-bond donors (Lipinski definition) is 0. The van der Waals surface area contributed by atoms with Crippen molar-refractivity contribution in [3.05, 3.63) is 207 Å². The van der Waals surface area contributed by atoms with Crippen LogP contribution in [-0.2, 0) is 25.7 Å². The summed E-state index contributed by atoms with van der Waals surface area (Å²) in [6.45, 7) is 0. The van der Waals surface area contributed by atoms with Gasteiger partial charge in [-0.05, 0) is 25.7 Å². The van der Waals surface area contributed by atoms with Gasteiger partial charge in [-0.25, -0.2) is 123 Å². The quantitative estimate of drug-likeness (QED) is 0.0713. The van der Waals surface area contributed by atoms with E-state index in [4.69, 9.17) is 0 Å². The molecule has 8 aromatic rings. The van der Waals surface area contributed by atoms with Crippen molar-refractivity contribution in [2.24, 2.45) is 0 Å². The van der Waals surface area contributed by atoms with E-state index in [1.807, 2.05) is 0 Å².